The second-order valence-corrected chi connectivity index (χ2v) is 6.48. The molecule has 0 unspecified atom stereocenters. The van der Waals surface area contributed by atoms with Crippen molar-refractivity contribution in [2.45, 2.75) is 12.1 Å². The van der Waals surface area contributed by atoms with E-state index in [1.807, 2.05) is 60.3 Å². The number of methoxy groups -OCH3 is 1. The van der Waals surface area contributed by atoms with Gasteiger partial charge in [-0.3, -0.25) is 4.79 Å². The fourth-order valence-corrected chi connectivity index (χ4v) is 3.16. The van der Waals surface area contributed by atoms with Crippen LogP contribution in [0.15, 0.2) is 60.9 Å². The van der Waals surface area contributed by atoms with Crippen molar-refractivity contribution >= 4 is 5.91 Å². The third kappa shape index (κ3) is 3.51. The minimum atomic E-state index is -0.747. The summed E-state index contributed by atoms with van der Waals surface area (Å²) in [5, 5.41) is 3.05. The first-order chi connectivity index (χ1) is 13.7. The topological polar surface area (TPSA) is 74.6 Å². The van der Waals surface area contributed by atoms with Gasteiger partial charge >= 0.3 is 0 Å². The Morgan fingerprint density at radius 3 is 2.82 bits per heavy atom. The summed E-state index contributed by atoms with van der Waals surface area (Å²) >= 11 is 0. The quantitative estimate of drug-likeness (QED) is 0.737. The molecule has 1 aliphatic heterocycles. The molecule has 144 valence electrons. The molecule has 2 aromatic carbocycles. The van der Waals surface area contributed by atoms with Gasteiger partial charge in [-0.2, -0.15) is 0 Å². The van der Waals surface area contributed by atoms with E-state index in [1.54, 1.807) is 19.4 Å². The van der Waals surface area contributed by atoms with Crippen LogP contribution in [-0.4, -0.2) is 35.3 Å². The molecule has 0 saturated carbocycles. The summed E-state index contributed by atoms with van der Waals surface area (Å²) < 4.78 is 18.7. The van der Waals surface area contributed by atoms with Crippen molar-refractivity contribution in [3.8, 4) is 17.2 Å². The van der Waals surface area contributed by atoms with Gasteiger partial charge in [0, 0.05) is 19.4 Å². The van der Waals surface area contributed by atoms with Crippen LogP contribution in [-0.2, 0) is 11.8 Å². The van der Waals surface area contributed by atoms with Gasteiger partial charge < -0.3 is 24.1 Å². The average molecular weight is 379 g/mol. The van der Waals surface area contributed by atoms with Crippen molar-refractivity contribution in [2.75, 3.05) is 13.7 Å². The maximum atomic E-state index is 13.0. The number of hydrogen-bond donors (Lipinski definition) is 1. The number of para-hydroxylation sites is 2. The molecule has 1 aliphatic rings. The molecule has 0 aliphatic carbocycles. The molecule has 7 nitrogen and oxygen atoms in total. The van der Waals surface area contributed by atoms with Gasteiger partial charge in [-0.1, -0.05) is 24.3 Å². The van der Waals surface area contributed by atoms with Crippen LogP contribution in [0.4, 0.5) is 0 Å². The predicted octanol–water partition coefficient (Wildman–Crippen LogP) is 2.47. The van der Waals surface area contributed by atoms with E-state index in [4.69, 9.17) is 14.2 Å². The highest BCUT2D eigenvalue weighted by molar-refractivity contribution is 5.82. The molecule has 3 aromatic rings. The van der Waals surface area contributed by atoms with E-state index < -0.39 is 12.1 Å². The molecular formula is C21H21N3O4. The molecule has 0 bridgehead atoms. The number of carbonyl (C=O) groups is 1. The van der Waals surface area contributed by atoms with Gasteiger partial charge in [0.05, 0.1) is 7.11 Å². The number of hydrogen-bond acceptors (Lipinski definition) is 5. The number of aromatic nitrogens is 2. The Morgan fingerprint density at radius 1 is 1.25 bits per heavy atom. The zero-order chi connectivity index (χ0) is 19.5. The first-order valence-electron chi connectivity index (χ1n) is 8.95. The van der Waals surface area contributed by atoms with Crippen molar-refractivity contribution in [1.29, 1.82) is 0 Å². The molecule has 0 fully saturated rings. The van der Waals surface area contributed by atoms with E-state index in [1.165, 1.54) is 0 Å². The Hall–Kier alpha value is -3.48. The molecule has 1 aromatic heterocycles. The fraction of sp³-hybridized carbons (Fsp3) is 0.238. The predicted molar refractivity (Wildman–Crippen MR) is 103 cm³/mol. The fourth-order valence-electron chi connectivity index (χ4n) is 3.16. The van der Waals surface area contributed by atoms with E-state index in [0.717, 1.165) is 5.56 Å². The number of fused-ring (bicyclic) bond motifs is 1. The number of nitrogens with zero attached hydrogens (tertiary/aromatic N) is 2. The lowest BCUT2D eigenvalue weighted by Crippen LogP contribution is -2.45. The Bertz CT molecular complexity index is 985. The standard InChI is InChI=1S/C21H21N3O4/c1-24-11-10-22-20(24)19(14-6-5-7-15(12-14)26-2)23-21(25)18-13-27-16-8-3-4-9-17(16)28-18/h3-12,18-19H,13H2,1-2H3,(H,23,25)/t18-,19+/m0/s1. The highest BCUT2D eigenvalue weighted by atomic mass is 16.6. The van der Waals surface area contributed by atoms with E-state index in [2.05, 4.69) is 10.3 Å². The number of imidazole rings is 1. The molecule has 1 amide bonds. The van der Waals surface area contributed by atoms with E-state index in [9.17, 15) is 4.79 Å². The lowest BCUT2D eigenvalue weighted by molar-refractivity contribution is -0.130. The van der Waals surface area contributed by atoms with Crippen molar-refractivity contribution in [1.82, 2.24) is 14.9 Å². The summed E-state index contributed by atoms with van der Waals surface area (Å²) in [6.07, 6.45) is 2.79. The monoisotopic (exact) mass is 379 g/mol. The Kier molecular flexibility index (Phi) is 4.89. The molecule has 7 heteroatoms. The number of rotatable bonds is 5. The Balaban J connectivity index is 1.59. The first-order valence-corrected chi connectivity index (χ1v) is 8.95. The van der Waals surface area contributed by atoms with E-state index in [0.29, 0.717) is 23.1 Å². The minimum absolute atomic E-state index is 0.147. The van der Waals surface area contributed by atoms with E-state index >= 15 is 0 Å². The van der Waals surface area contributed by atoms with Gasteiger partial charge in [-0.05, 0) is 29.8 Å². The summed E-state index contributed by atoms with van der Waals surface area (Å²) in [7, 11) is 3.50. The van der Waals surface area contributed by atoms with Crippen molar-refractivity contribution in [3.05, 3.63) is 72.3 Å². The van der Waals surface area contributed by atoms with Crippen LogP contribution in [0.5, 0.6) is 17.2 Å². The highest BCUT2D eigenvalue weighted by Gasteiger charge is 2.30. The number of nitrogens with one attached hydrogen (secondary N) is 1. The van der Waals surface area contributed by atoms with Crippen molar-refractivity contribution in [3.63, 3.8) is 0 Å². The third-order valence-electron chi connectivity index (χ3n) is 4.63. The van der Waals surface area contributed by atoms with Crippen LogP contribution in [0.3, 0.4) is 0 Å². The van der Waals surface area contributed by atoms with Gasteiger partial charge in [0.2, 0.25) is 6.10 Å². The van der Waals surface area contributed by atoms with Gasteiger partial charge in [0.1, 0.15) is 24.2 Å². The van der Waals surface area contributed by atoms with Gasteiger partial charge in [0.15, 0.2) is 11.5 Å². The molecule has 0 radical (unpaired) electrons. The van der Waals surface area contributed by atoms with Crippen molar-refractivity contribution < 1.29 is 19.0 Å². The largest absolute Gasteiger partial charge is 0.497 e. The number of carbonyl (C=O) groups excluding carboxylic acids is 1. The van der Waals surface area contributed by atoms with Gasteiger partial charge in [0.25, 0.3) is 5.91 Å². The van der Waals surface area contributed by atoms with Crippen LogP contribution in [0.25, 0.3) is 0 Å². The van der Waals surface area contributed by atoms with Crippen molar-refractivity contribution in [2.24, 2.45) is 7.05 Å². The highest BCUT2D eigenvalue weighted by Crippen LogP contribution is 2.31. The Morgan fingerprint density at radius 2 is 2.07 bits per heavy atom. The SMILES string of the molecule is COc1cccc([C@@H](NC(=O)[C@@H]2COc3ccccc3O2)c2nccn2C)c1. The summed E-state index contributed by atoms with van der Waals surface area (Å²) in [6, 6.07) is 14.4. The maximum absolute atomic E-state index is 13.0. The molecule has 2 heterocycles. The Labute approximate surface area is 162 Å². The first kappa shape index (κ1) is 17.9. The summed E-state index contributed by atoms with van der Waals surface area (Å²) in [6.45, 7) is 0.147. The molecule has 1 N–H and O–H groups in total. The van der Waals surface area contributed by atoms with Crippen LogP contribution >= 0.6 is 0 Å². The summed E-state index contributed by atoms with van der Waals surface area (Å²) in [5.74, 6) is 2.34. The smallest absolute Gasteiger partial charge is 0.265 e. The van der Waals surface area contributed by atoms with Crippen LogP contribution in [0.1, 0.15) is 17.4 Å². The third-order valence-corrected chi connectivity index (χ3v) is 4.63. The number of ether oxygens (including phenoxy) is 3. The lowest BCUT2D eigenvalue weighted by Gasteiger charge is -2.27. The molecular weight excluding hydrogens is 358 g/mol. The molecule has 2 atom stereocenters. The molecule has 4 rings (SSSR count). The summed E-state index contributed by atoms with van der Waals surface area (Å²) in [4.78, 5) is 17.4. The normalized spacial score (nSPS) is 16.3. The average Bonchev–Trinajstić information content (AvgIpc) is 3.17. The van der Waals surface area contributed by atoms with Crippen LogP contribution in [0.2, 0.25) is 0 Å². The number of aryl methyl sites for hydroxylation is 1. The molecule has 0 spiro atoms. The van der Waals surface area contributed by atoms with Crippen LogP contribution in [0, 0.1) is 0 Å². The van der Waals surface area contributed by atoms with E-state index in [-0.39, 0.29) is 12.5 Å². The van der Waals surface area contributed by atoms with Gasteiger partial charge in [-0.15, -0.1) is 0 Å². The number of amides is 1. The molecule has 0 saturated heterocycles. The second kappa shape index (κ2) is 7.64. The lowest BCUT2D eigenvalue weighted by atomic mass is 10.1. The van der Waals surface area contributed by atoms with Crippen LogP contribution < -0.4 is 19.5 Å². The second-order valence-electron chi connectivity index (χ2n) is 6.48. The number of benzene rings is 2. The van der Waals surface area contributed by atoms with Gasteiger partial charge in [-0.25, -0.2) is 4.98 Å². The maximum Gasteiger partial charge on any atom is 0.265 e. The zero-order valence-corrected chi connectivity index (χ0v) is 15.7. The molecule has 28 heavy (non-hydrogen) atoms. The summed E-state index contributed by atoms with van der Waals surface area (Å²) in [5.41, 5.74) is 0.860. The minimum Gasteiger partial charge on any atom is -0.497 e. The zero-order valence-electron chi connectivity index (χ0n) is 15.7.